The van der Waals surface area contributed by atoms with Gasteiger partial charge in [0.25, 0.3) is 0 Å². The smallest absolute Gasteiger partial charge is 0.223 e. The largest absolute Gasteiger partial charge is 0.497 e. The maximum atomic E-state index is 12.3. The van der Waals surface area contributed by atoms with Crippen LogP contribution in [0, 0.1) is 5.92 Å². The minimum atomic E-state index is 0.105. The summed E-state index contributed by atoms with van der Waals surface area (Å²) in [4.78, 5) is 12.3. The number of hydrogen-bond donors (Lipinski definition) is 1. The number of fused-ring (bicyclic) bond motifs is 1. The number of methoxy groups -OCH3 is 1. The highest BCUT2D eigenvalue weighted by Gasteiger charge is 2.30. The molecule has 1 atom stereocenters. The van der Waals surface area contributed by atoms with Crippen molar-refractivity contribution in [2.24, 2.45) is 5.92 Å². The molecule has 1 aromatic heterocycles. The number of nitrogens with one attached hydrogen (secondary N) is 1. The normalized spacial score (nSPS) is 20.1. The van der Waals surface area contributed by atoms with E-state index >= 15 is 0 Å². The first-order valence-electron chi connectivity index (χ1n) is 8.78. The summed E-state index contributed by atoms with van der Waals surface area (Å²) >= 11 is 0. The molecule has 1 amide bonds. The zero-order valence-electron chi connectivity index (χ0n) is 14.0. The van der Waals surface area contributed by atoms with Crippen molar-refractivity contribution in [3.63, 3.8) is 0 Å². The first kappa shape index (κ1) is 15.2. The van der Waals surface area contributed by atoms with E-state index in [1.807, 2.05) is 35.1 Å². The third-order valence-electron chi connectivity index (χ3n) is 5.29. The van der Waals surface area contributed by atoms with Crippen LogP contribution in [0.4, 0.5) is 0 Å². The Balaban J connectivity index is 1.57. The second-order valence-corrected chi connectivity index (χ2v) is 6.74. The van der Waals surface area contributed by atoms with Crippen LogP contribution in [0.25, 0.3) is 5.69 Å². The molecule has 2 aliphatic carbocycles. The molecule has 1 saturated carbocycles. The van der Waals surface area contributed by atoms with Gasteiger partial charge in [-0.3, -0.25) is 4.79 Å². The van der Waals surface area contributed by atoms with Crippen molar-refractivity contribution in [2.45, 2.75) is 44.6 Å². The number of nitrogens with zero attached hydrogens (tertiary/aromatic N) is 2. The predicted molar refractivity (Wildman–Crippen MR) is 91.3 cm³/mol. The molecule has 1 aromatic carbocycles. The van der Waals surface area contributed by atoms with Crippen LogP contribution >= 0.6 is 0 Å². The third kappa shape index (κ3) is 2.68. The number of benzene rings is 1. The number of hydrogen-bond acceptors (Lipinski definition) is 3. The number of rotatable bonds is 4. The zero-order valence-corrected chi connectivity index (χ0v) is 14.0. The Morgan fingerprint density at radius 2 is 2.00 bits per heavy atom. The fourth-order valence-corrected chi connectivity index (χ4v) is 3.61. The van der Waals surface area contributed by atoms with Crippen molar-refractivity contribution in [2.75, 3.05) is 7.11 Å². The number of ether oxygens (including phenoxy) is 1. The maximum Gasteiger partial charge on any atom is 0.223 e. The first-order valence-corrected chi connectivity index (χ1v) is 8.78. The SMILES string of the molecule is COc1ccc(-n2ncc3c2CCCC3NC(=O)C2CCC2)cc1. The molecular weight excluding hydrogens is 302 g/mol. The highest BCUT2D eigenvalue weighted by atomic mass is 16.5. The molecule has 0 saturated heterocycles. The van der Waals surface area contributed by atoms with Gasteiger partial charge in [-0.25, -0.2) is 4.68 Å². The van der Waals surface area contributed by atoms with Gasteiger partial charge in [-0.15, -0.1) is 0 Å². The summed E-state index contributed by atoms with van der Waals surface area (Å²) in [5.74, 6) is 1.29. The zero-order chi connectivity index (χ0) is 16.5. The van der Waals surface area contributed by atoms with Gasteiger partial charge in [0.2, 0.25) is 5.91 Å². The highest BCUT2D eigenvalue weighted by molar-refractivity contribution is 5.79. The Bertz CT molecular complexity index is 732. The van der Waals surface area contributed by atoms with Crippen LogP contribution in [0.15, 0.2) is 30.5 Å². The summed E-state index contributed by atoms with van der Waals surface area (Å²) in [6.07, 6.45) is 8.25. The summed E-state index contributed by atoms with van der Waals surface area (Å²) in [5, 5.41) is 7.83. The summed E-state index contributed by atoms with van der Waals surface area (Å²) in [6.45, 7) is 0. The Hall–Kier alpha value is -2.30. The Labute approximate surface area is 142 Å². The van der Waals surface area contributed by atoms with E-state index in [1.165, 1.54) is 17.7 Å². The van der Waals surface area contributed by atoms with Crippen LogP contribution in [-0.2, 0) is 11.2 Å². The van der Waals surface area contributed by atoms with Gasteiger partial charge >= 0.3 is 0 Å². The van der Waals surface area contributed by atoms with E-state index in [1.54, 1.807) is 7.11 Å². The number of carbonyl (C=O) groups excluding carboxylic acids is 1. The second-order valence-electron chi connectivity index (χ2n) is 6.74. The van der Waals surface area contributed by atoms with Crippen LogP contribution < -0.4 is 10.1 Å². The molecule has 1 N–H and O–H groups in total. The summed E-state index contributed by atoms with van der Waals surface area (Å²) < 4.78 is 7.22. The summed E-state index contributed by atoms with van der Waals surface area (Å²) in [6, 6.07) is 8.03. The molecule has 1 fully saturated rings. The van der Waals surface area contributed by atoms with Crippen LogP contribution in [0.5, 0.6) is 5.75 Å². The molecule has 126 valence electrons. The highest BCUT2D eigenvalue weighted by Crippen LogP contribution is 2.33. The number of amides is 1. The molecule has 4 rings (SSSR count). The summed E-state index contributed by atoms with van der Waals surface area (Å²) in [5.41, 5.74) is 3.41. The lowest BCUT2D eigenvalue weighted by Crippen LogP contribution is -2.38. The van der Waals surface area contributed by atoms with Crippen LogP contribution in [-0.4, -0.2) is 22.8 Å². The molecule has 0 spiro atoms. The van der Waals surface area contributed by atoms with Gasteiger partial charge < -0.3 is 10.1 Å². The number of aromatic nitrogens is 2. The van der Waals surface area contributed by atoms with Gasteiger partial charge in [-0.2, -0.15) is 5.10 Å². The van der Waals surface area contributed by atoms with Gasteiger partial charge in [-0.05, 0) is 56.4 Å². The lowest BCUT2D eigenvalue weighted by Gasteiger charge is -2.29. The van der Waals surface area contributed by atoms with Crippen molar-refractivity contribution in [3.05, 3.63) is 41.7 Å². The van der Waals surface area contributed by atoms with Gasteiger partial charge in [0.15, 0.2) is 0 Å². The average Bonchev–Trinajstić information content (AvgIpc) is 2.98. The molecule has 0 radical (unpaired) electrons. The molecule has 5 nitrogen and oxygen atoms in total. The topological polar surface area (TPSA) is 56.1 Å². The van der Waals surface area contributed by atoms with Crippen LogP contribution in [0.2, 0.25) is 0 Å². The molecule has 0 bridgehead atoms. The Morgan fingerprint density at radius 1 is 1.21 bits per heavy atom. The quantitative estimate of drug-likeness (QED) is 0.939. The summed E-state index contributed by atoms with van der Waals surface area (Å²) in [7, 11) is 1.67. The maximum absolute atomic E-state index is 12.3. The first-order chi connectivity index (χ1) is 11.8. The molecule has 1 heterocycles. The fourth-order valence-electron chi connectivity index (χ4n) is 3.61. The molecule has 24 heavy (non-hydrogen) atoms. The van der Waals surface area contributed by atoms with Gasteiger partial charge in [-0.1, -0.05) is 6.42 Å². The molecular formula is C19H23N3O2. The van der Waals surface area contributed by atoms with Gasteiger partial charge in [0, 0.05) is 17.2 Å². The molecule has 2 aromatic rings. The average molecular weight is 325 g/mol. The van der Waals surface area contributed by atoms with Gasteiger partial charge in [0.1, 0.15) is 5.75 Å². The Morgan fingerprint density at radius 3 is 2.67 bits per heavy atom. The van der Waals surface area contributed by atoms with E-state index in [-0.39, 0.29) is 17.9 Å². The third-order valence-corrected chi connectivity index (χ3v) is 5.29. The van der Waals surface area contributed by atoms with Crippen molar-refractivity contribution >= 4 is 5.91 Å². The molecule has 5 heteroatoms. The van der Waals surface area contributed by atoms with Crippen molar-refractivity contribution < 1.29 is 9.53 Å². The Kier molecular flexibility index (Phi) is 4.00. The molecule has 2 aliphatic rings. The second kappa shape index (κ2) is 6.30. The molecule has 0 aliphatic heterocycles. The predicted octanol–water partition coefficient (Wildman–Crippen LogP) is 3.17. The monoisotopic (exact) mass is 325 g/mol. The standard InChI is InChI=1S/C19H23N3O2/c1-24-15-10-8-14(9-11-15)22-18-7-3-6-17(16(18)12-20-22)21-19(23)13-4-2-5-13/h8-13,17H,2-7H2,1H3,(H,21,23). The van der Waals surface area contributed by atoms with Crippen molar-refractivity contribution in [3.8, 4) is 11.4 Å². The minimum Gasteiger partial charge on any atom is -0.497 e. The number of carbonyl (C=O) groups is 1. The van der Waals surface area contributed by atoms with Crippen molar-refractivity contribution in [1.82, 2.24) is 15.1 Å². The van der Waals surface area contributed by atoms with E-state index < -0.39 is 0 Å². The van der Waals surface area contributed by atoms with Crippen molar-refractivity contribution in [1.29, 1.82) is 0 Å². The fraction of sp³-hybridized carbons (Fsp3) is 0.474. The minimum absolute atomic E-state index is 0.105. The van der Waals surface area contributed by atoms with E-state index in [9.17, 15) is 4.79 Å². The lowest BCUT2D eigenvalue weighted by atomic mass is 9.84. The van der Waals surface area contributed by atoms with E-state index in [0.717, 1.165) is 43.5 Å². The van der Waals surface area contributed by atoms with E-state index in [4.69, 9.17) is 4.74 Å². The van der Waals surface area contributed by atoms with Crippen LogP contribution in [0.1, 0.15) is 49.4 Å². The van der Waals surface area contributed by atoms with Crippen LogP contribution in [0.3, 0.4) is 0 Å². The van der Waals surface area contributed by atoms with E-state index in [0.29, 0.717) is 0 Å². The van der Waals surface area contributed by atoms with Gasteiger partial charge in [0.05, 0.1) is 25.0 Å². The van der Waals surface area contributed by atoms with E-state index in [2.05, 4.69) is 10.4 Å². The lowest BCUT2D eigenvalue weighted by molar-refractivity contribution is -0.128. The molecule has 1 unspecified atom stereocenters.